The number of amides is 2. The number of nitrogens with zero attached hydrogens (tertiary/aromatic N) is 2. The van der Waals surface area contributed by atoms with Crippen LogP contribution >= 0.6 is 11.6 Å². The fourth-order valence-electron chi connectivity index (χ4n) is 3.27. The smallest absolute Gasteiger partial charge is 0.228 e. The van der Waals surface area contributed by atoms with Crippen LogP contribution in [-0.4, -0.2) is 36.3 Å². The van der Waals surface area contributed by atoms with Crippen molar-refractivity contribution in [2.75, 3.05) is 24.5 Å². The highest BCUT2D eigenvalue weighted by Gasteiger charge is 2.37. The van der Waals surface area contributed by atoms with Crippen molar-refractivity contribution in [1.29, 1.82) is 0 Å². The second kappa shape index (κ2) is 8.22. The molecule has 1 saturated heterocycles. The van der Waals surface area contributed by atoms with E-state index < -0.39 is 0 Å². The molecule has 1 atom stereocenters. The van der Waals surface area contributed by atoms with Crippen molar-refractivity contribution in [3.05, 3.63) is 28.8 Å². The molecule has 4 nitrogen and oxygen atoms in total. The highest BCUT2D eigenvalue weighted by Crippen LogP contribution is 2.29. The van der Waals surface area contributed by atoms with Crippen LogP contribution in [0.1, 0.15) is 39.7 Å². The molecule has 138 valence electrons. The molecular weight excluding hydrogens is 336 g/mol. The van der Waals surface area contributed by atoms with Crippen LogP contribution in [0.2, 0.25) is 5.02 Å². The molecule has 1 aliphatic rings. The topological polar surface area (TPSA) is 40.6 Å². The predicted octanol–water partition coefficient (Wildman–Crippen LogP) is 4.14. The molecule has 1 heterocycles. The van der Waals surface area contributed by atoms with E-state index in [4.69, 9.17) is 11.6 Å². The van der Waals surface area contributed by atoms with Crippen LogP contribution in [0.4, 0.5) is 5.69 Å². The highest BCUT2D eigenvalue weighted by atomic mass is 35.5. The summed E-state index contributed by atoms with van der Waals surface area (Å²) < 4.78 is 0. The average Bonchev–Trinajstić information content (AvgIpc) is 2.89. The standard InChI is InChI=1S/C20H29ClN2O2/c1-13(2)10-22(11-14(3)4)20(25)16-8-19(24)23(12-16)17-7-6-15(5)18(21)9-17/h6-7,9,13-14,16H,8,10-12H2,1-5H3/t16-/m1/s1. The van der Waals surface area contributed by atoms with E-state index in [9.17, 15) is 9.59 Å². The summed E-state index contributed by atoms with van der Waals surface area (Å²) >= 11 is 6.19. The van der Waals surface area contributed by atoms with Gasteiger partial charge in [0.1, 0.15) is 0 Å². The summed E-state index contributed by atoms with van der Waals surface area (Å²) in [6, 6.07) is 5.61. The Morgan fingerprint density at radius 1 is 1.24 bits per heavy atom. The van der Waals surface area contributed by atoms with Gasteiger partial charge in [0.05, 0.1) is 5.92 Å². The molecule has 0 radical (unpaired) electrons. The van der Waals surface area contributed by atoms with Crippen LogP contribution in [0.3, 0.4) is 0 Å². The minimum atomic E-state index is -0.273. The zero-order valence-electron chi connectivity index (χ0n) is 15.9. The van der Waals surface area contributed by atoms with Crippen molar-refractivity contribution >= 4 is 29.1 Å². The lowest BCUT2D eigenvalue weighted by Crippen LogP contribution is -2.41. The Hall–Kier alpha value is -1.55. The minimum Gasteiger partial charge on any atom is -0.342 e. The SMILES string of the molecule is Cc1ccc(N2C[C@H](C(=O)N(CC(C)C)CC(C)C)CC2=O)cc1Cl. The highest BCUT2D eigenvalue weighted by molar-refractivity contribution is 6.31. The Kier molecular flexibility index (Phi) is 6.50. The fraction of sp³-hybridized carbons (Fsp3) is 0.600. The lowest BCUT2D eigenvalue weighted by molar-refractivity contribution is -0.136. The van der Waals surface area contributed by atoms with Gasteiger partial charge in [-0.25, -0.2) is 0 Å². The molecule has 0 spiro atoms. The molecule has 0 aliphatic carbocycles. The van der Waals surface area contributed by atoms with E-state index in [0.29, 0.717) is 23.4 Å². The van der Waals surface area contributed by atoms with Gasteiger partial charge in [0, 0.05) is 36.8 Å². The van der Waals surface area contributed by atoms with Crippen molar-refractivity contribution in [3.8, 4) is 0 Å². The van der Waals surface area contributed by atoms with Crippen LogP contribution in [0.15, 0.2) is 18.2 Å². The van der Waals surface area contributed by atoms with Crippen molar-refractivity contribution in [2.24, 2.45) is 17.8 Å². The average molecular weight is 365 g/mol. The molecule has 0 unspecified atom stereocenters. The van der Waals surface area contributed by atoms with E-state index in [0.717, 1.165) is 24.3 Å². The van der Waals surface area contributed by atoms with Crippen molar-refractivity contribution in [1.82, 2.24) is 4.90 Å². The first kappa shape index (κ1) is 19.8. The van der Waals surface area contributed by atoms with Gasteiger partial charge in [0.25, 0.3) is 0 Å². The fourth-order valence-corrected chi connectivity index (χ4v) is 3.44. The van der Waals surface area contributed by atoms with Crippen LogP contribution in [0.25, 0.3) is 0 Å². The zero-order valence-corrected chi connectivity index (χ0v) is 16.6. The summed E-state index contributed by atoms with van der Waals surface area (Å²) in [5, 5.41) is 0.640. The summed E-state index contributed by atoms with van der Waals surface area (Å²) in [6.45, 7) is 12.3. The molecule has 0 saturated carbocycles. The van der Waals surface area contributed by atoms with Crippen LogP contribution in [0, 0.1) is 24.7 Å². The molecule has 2 rings (SSSR count). The van der Waals surface area contributed by atoms with Crippen molar-refractivity contribution in [2.45, 2.75) is 41.0 Å². The second-order valence-corrected chi connectivity index (χ2v) is 8.28. The van der Waals surface area contributed by atoms with E-state index in [-0.39, 0.29) is 24.2 Å². The molecule has 1 aromatic carbocycles. The number of hydrogen-bond acceptors (Lipinski definition) is 2. The number of benzene rings is 1. The third-order valence-corrected chi connectivity index (χ3v) is 4.83. The summed E-state index contributed by atoms with van der Waals surface area (Å²) in [5.41, 5.74) is 1.75. The summed E-state index contributed by atoms with van der Waals surface area (Å²) in [4.78, 5) is 29.1. The predicted molar refractivity (Wildman–Crippen MR) is 103 cm³/mol. The molecule has 0 N–H and O–H groups in total. The van der Waals surface area contributed by atoms with E-state index in [2.05, 4.69) is 27.7 Å². The summed E-state index contributed by atoms with van der Waals surface area (Å²) in [7, 11) is 0. The Morgan fingerprint density at radius 2 is 1.84 bits per heavy atom. The third kappa shape index (κ3) is 4.97. The van der Waals surface area contributed by atoms with Crippen LogP contribution in [-0.2, 0) is 9.59 Å². The van der Waals surface area contributed by atoms with E-state index in [1.807, 2.05) is 30.0 Å². The maximum atomic E-state index is 13.0. The largest absolute Gasteiger partial charge is 0.342 e. The molecule has 0 aromatic heterocycles. The summed E-state index contributed by atoms with van der Waals surface area (Å²) in [6.07, 6.45) is 0.275. The van der Waals surface area contributed by atoms with Gasteiger partial charge in [-0.1, -0.05) is 45.4 Å². The van der Waals surface area contributed by atoms with Gasteiger partial charge in [-0.15, -0.1) is 0 Å². The van der Waals surface area contributed by atoms with Crippen LogP contribution < -0.4 is 4.90 Å². The zero-order chi connectivity index (χ0) is 18.7. The number of halogens is 1. The van der Waals surface area contributed by atoms with Crippen molar-refractivity contribution in [3.63, 3.8) is 0 Å². The molecule has 25 heavy (non-hydrogen) atoms. The summed E-state index contributed by atoms with van der Waals surface area (Å²) in [5.74, 6) is 0.632. The lowest BCUT2D eigenvalue weighted by atomic mass is 10.0. The maximum Gasteiger partial charge on any atom is 0.228 e. The number of carbonyl (C=O) groups excluding carboxylic acids is 2. The number of aryl methyl sites for hydroxylation is 1. The Bertz CT molecular complexity index is 633. The lowest BCUT2D eigenvalue weighted by Gasteiger charge is -2.28. The Labute approximate surface area is 156 Å². The van der Waals surface area contributed by atoms with Gasteiger partial charge in [0.2, 0.25) is 11.8 Å². The molecule has 1 aliphatic heterocycles. The number of carbonyl (C=O) groups is 2. The van der Waals surface area contributed by atoms with E-state index >= 15 is 0 Å². The third-order valence-electron chi connectivity index (χ3n) is 4.42. The Morgan fingerprint density at radius 3 is 2.36 bits per heavy atom. The minimum absolute atomic E-state index is 0.00712. The van der Waals surface area contributed by atoms with E-state index in [1.54, 1.807) is 4.90 Å². The monoisotopic (exact) mass is 364 g/mol. The van der Waals surface area contributed by atoms with E-state index in [1.165, 1.54) is 0 Å². The van der Waals surface area contributed by atoms with Gasteiger partial charge in [-0.05, 0) is 36.5 Å². The van der Waals surface area contributed by atoms with Gasteiger partial charge in [-0.3, -0.25) is 9.59 Å². The second-order valence-electron chi connectivity index (χ2n) is 7.87. The van der Waals surface area contributed by atoms with Gasteiger partial charge >= 0.3 is 0 Å². The molecule has 2 amide bonds. The quantitative estimate of drug-likeness (QED) is 0.761. The van der Waals surface area contributed by atoms with Gasteiger partial charge in [0.15, 0.2) is 0 Å². The van der Waals surface area contributed by atoms with Crippen molar-refractivity contribution < 1.29 is 9.59 Å². The molecule has 1 fully saturated rings. The molecular formula is C20H29ClN2O2. The maximum absolute atomic E-state index is 13.0. The Balaban J connectivity index is 2.13. The van der Waals surface area contributed by atoms with Gasteiger partial charge in [-0.2, -0.15) is 0 Å². The molecule has 5 heteroatoms. The first-order chi connectivity index (χ1) is 11.7. The number of anilines is 1. The number of rotatable bonds is 6. The normalized spacial score (nSPS) is 17.7. The first-order valence-electron chi connectivity index (χ1n) is 9.04. The van der Waals surface area contributed by atoms with Gasteiger partial charge < -0.3 is 9.80 Å². The number of hydrogen-bond donors (Lipinski definition) is 0. The van der Waals surface area contributed by atoms with Crippen LogP contribution in [0.5, 0.6) is 0 Å². The molecule has 1 aromatic rings. The first-order valence-corrected chi connectivity index (χ1v) is 9.42. The molecule has 0 bridgehead atoms.